The number of aryl methyl sites for hydroxylation is 2. The molecule has 132 valence electrons. The van der Waals surface area contributed by atoms with E-state index in [-0.39, 0.29) is 17.6 Å². The molecule has 1 fully saturated rings. The standard InChI is InChI=1S/C17H19BrN4O2S/c1-11-15(12-3-5-13(18)6-4-12)16(21(2)20-11)19-14(23)7-8-22-9-10-25-17(22)24/h3-6H,7-10H2,1-2H3,(H,19,23). The first-order valence-corrected chi connectivity index (χ1v) is 9.74. The van der Waals surface area contributed by atoms with Gasteiger partial charge in [-0.3, -0.25) is 14.3 Å². The van der Waals surface area contributed by atoms with Gasteiger partial charge in [0.15, 0.2) is 0 Å². The molecule has 1 N–H and O–H groups in total. The molecule has 2 amide bonds. The van der Waals surface area contributed by atoms with E-state index in [0.29, 0.717) is 18.9 Å². The molecule has 25 heavy (non-hydrogen) atoms. The van der Waals surface area contributed by atoms with Crippen LogP contribution in [0.15, 0.2) is 28.7 Å². The Balaban J connectivity index is 1.74. The number of amides is 2. The molecule has 2 heterocycles. The summed E-state index contributed by atoms with van der Waals surface area (Å²) >= 11 is 4.74. The molecule has 1 aromatic carbocycles. The van der Waals surface area contributed by atoms with Crippen molar-refractivity contribution in [3.8, 4) is 11.1 Å². The maximum Gasteiger partial charge on any atom is 0.281 e. The molecule has 1 aromatic heterocycles. The number of nitrogens with zero attached hydrogens (tertiary/aromatic N) is 3. The van der Waals surface area contributed by atoms with Gasteiger partial charge in [0.25, 0.3) is 5.24 Å². The molecule has 6 nitrogen and oxygen atoms in total. The van der Waals surface area contributed by atoms with Crippen molar-refractivity contribution in [1.82, 2.24) is 14.7 Å². The van der Waals surface area contributed by atoms with Crippen molar-refractivity contribution in [1.29, 1.82) is 0 Å². The number of anilines is 1. The second-order valence-corrected chi connectivity index (χ2v) is 7.80. The molecule has 0 spiro atoms. The van der Waals surface area contributed by atoms with Gasteiger partial charge in [-0.1, -0.05) is 39.8 Å². The van der Waals surface area contributed by atoms with Crippen LogP contribution in [0.4, 0.5) is 10.6 Å². The molecular formula is C17H19BrN4O2S. The summed E-state index contributed by atoms with van der Waals surface area (Å²) in [6.07, 6.45) is 0.274. The molecule has 0 unspecified atom stereocenters. The minimum Gasteiger partial charge on any atom is -0.332 e. The van der Waals surface area contributed by atoms with Gasteiger partial charge in [-0.2, -0.15) is 5.10 Å². The van der Waals surface area contributed by atoms with Crippen LogP contribution in [0.2, 0.25) is 0 Å². The Morgan fingerprint density at radius 2 is 2.08 bits per heavy atom. The first-order chi connectivity index (χ1) is 12.0. The lowest BCUT2D eigenvalue weighted by atomic mass is 10.1. The van der Waals surface area contributed by atoms with Crippen molar-refractivity contribution in [3.05, 3.63) is 34.4 Å². The fourth-order valence-electron chi connectivity index (χ4n) is 2.82. The maximum atomic E-state index is 12.4. The Morgan fingerprint density at radius 1 is 1.36 bits per heavy atom. The number of carbonyl (C=O) groups excluding carboxylic acids is 2. The Bertz CT molecular complexity index is 804. The molecule has 1 aliphatic rings. The average molecular weight is 423 g/mol. The third-order valence-electron chi connectivity index (χ3n) is 4.07. The van der Waals surface area contributed by atoms with Crippen molar-refractivity contribution in [2.45, 2.75) is 13.3 Å². The highest BCUT2D eigenvalue weighted by molar-refractivity contribution is 9.10. The van der Waals surface area contributed by atoms with Crippen molar-refractivity contribution in [3.63, 3.8) is 0 Å². The highest BCUT2D eigenvalue weighted by Gasteiger charge is 2.22. The Hall–Kier alpha value is -1.80. The first kappa shape index (κ1) is 18.0. The van der Waals surface area contributed by atoms with Crippen LogP contribution in [-0.2, 0) is 11.8 Å². The molecule has 2 aromatic rings. The van der Waals surface area contributed by atoms with Crippen molar-refractivity contribution in [2.24, 2.45) is 7.05 Å². The monoisotopic (exact) mass is 422 g/mol. The molecule has 3 rings (SSSR count). The van der Waals surface area contributed by atoms with Gasteiger partial charge < -0.3 is 10.2 Å². The first-order valence-electron chi connectivity index (χ1n) is 7.97. The second-order valence-electron chi connectivity index (χ2n) is 5.84. The molecule has 0 atom stereocenters. The predicted molar refractivity (Wildman–Crippen MR) is 104 cm³/mol. The van der Waals surface area contributed by atoms with E-state index >= 15 is 0 Å². The topological polar surface area (TPSA) is 67.2 Å². The van der Waals surface area contributed by atoms with Gasteiger partial charge in [-0.25, -0.2) is 0 Å². The number of thioether (sulfide) groups is 1. The smallest absolute Gasteiger partial charge is 0.281 e. The second kappa shape index (κ2) is 7.61. The number of hydrogen-bond acceptors (Lipinski definition) is 4. The molecule has 1 aliphatic heterocycles. The molecule has 8 heteroatoms. The molecule has 0 aliphatic carbocycles. The van der Waals surface area contributed by atoms with Crippen LogP contribution in [0.5, 0.6) is 0 Å². The van der Waals surface area contributed by atoms with E-state index in [1.807, 2.05) is 38.2 Å². The lowest BCUT2D eigenvalue weighted by Crippen LogP contribution is -2.28. The summed E-state index contributed by atoms with van der Waals surface area (Å²) in [5, 5.41) is 7.45. The fourth-order valence-corrected chi connectivity index (χ4v) is 3.94. The van der Waals surface area contributed by atoms with E-state index in [9.17, 15) is 9.59 Å². The van der Waals surface area contributed by atoms with Gasteiger partial charge in [0.1, 0.15) is 5.82 Å². The highest BCUT2D eigenvalue weighted by Crippen LogP contribution is 2.32. The van der Waals surface area contributed by atoms with Crippen molar-refractivity contribution >= 4 is 44.7 Å². The van der Waals surface area contributed by atoms with Crippen LogP contribution in [-0.4, -0.2) is 44.7 Å². The van der Waals surface area contributed by atoms with Gasteiger partial charge >= 0.3 is 0 Å². The fraction of sp³-hybridized carbons (Fsp3) is 0.353. The Kier molecular flexibility index (Phi) is 5.48. The summed E-state index contributed by atoms with van der Waals surface area (Å²) in [6, 6.07) is 7.90. The number of rotatable bonds is 5. The van der Waals surface area contributed by atoms with Crippen molar-refractivity contribution < 1.29 is 9.59 Å². The van der Waals surface area contributed by atoms with Crippen molar-refractivity contribution in [2.75, 3.05) is 24.2 Å². The van der Waals surface area contributed by atoms with Gasteiger partial charge in [0.05, 0.1) is 5.69 Å². The summed E-state index contributed by atoms with van der Waals surface area (Å²) in [5.74, 6) is 1.35. The Morgan fingerprint density at radius 3 is 2.72 bits per heavy atom. The molecular weight excluding hydrogens is 404 g/mol. The number of hydrogen-bond donors (Lipinski definition) is 1. The summed E-state index contributed by atoms with van der Waals surface area (Å²) in [7, 11) is 1.81. The summed E-state index contributed by atoms with van der Waals surface area (Å²) in [5.41, 5.74) is 2.76. The lowest BCUT2D eigenvalue weighted by Gasteiger charge is -2.14. The largest absolute Gasteiger partial charge is 0.332 e. The van der Waals surface area contributed by atoms with Crippen LogP contribution in [0.1, 0.15) is 12.1 Å². The SMILES string of the molecule is Cc1nn(C)c(NC(=O)CCN2CCSC2=O)c1-c1ccc(Br)cc1. The van der Waals surface area contributed by atoms with Gasteiger partial charge in [0, 0.05) is 42.3 Å². The molecule has 0 bridgehead atoms. The van der Waals surface area contributed by atoms with Gasteiger partial charge in [0.2, 0.25) is 5.91 Å². The third-order valence-corrected chi connectivity index (χ3v) is 5.49. The van der Waals surface area contributed by atoms with E-state index in [2.05, 4.69) is 26.3 Å². The Labute approximate surface area is 159 Å². The zero-order valence-corrected chi connectivity index (χ0v) is 16.5. The molecule has 1 saturated heterocycles. The normalized spacial score (nSPS) is 14.2. The molecule has 0 radical (unpaired) electrons. The maximum absolute atomic E-state index is 12.4. The van der Waals surface area contributed by atoms with Crippen LogP contribution in [0, 0.1) is 6.92 Å². The third kappa shape index (κ3) is 4.07. The number of benzene rings is 1. The van der Waals surface area contributed by atoms with E-state index in [0.717, 1.165) is 27.0 Å². The van der Waals surface area contributed by atoms with Gasteiger partial charge in [-0.15, -0.1) is 0 Å². The minimum atomic E-state index is -0.119. The summed E-state index contributed by atoms with van der Waals surface area (Å²) in [4.78, 5) is 25.7. The lowest BCUT2D eigenvalue weighted by molar-refractivity contribution is -0.116. The van der Waals surface area contributed by atoms with E-state index < -0.39 is 0 Å². The van der Waals surface area contributed by atoms with Crippen LogP contribution < -0.4 is 5.32 Å². The zero-order chi connectivity index (χ0) is 18.0. The number of nitrogens with one attached hydrogen (secondary N) is 1. The summed E-state index contributed by atoms with van der Waals surface area (Å²) < 4.78 is 2.68. The van der Waals surface area contributed by atoms with Gasteiger partial charge in [-0.05, 0) is 24.6 Å². The minimum absolute atomic E-state index is 0.0553. The number of halogens is 1. The predicted octanol–water partition coefficient (Wildman–Crippen LogP) is 3.66. The van der Waals surface area contributed by atoms with E-state index in [4.69, 9.17) is 0 Å². The average Bonchev–Trinajstić information content (AvgIpc) is 3.10. The van der Waals surface area contributed by atoms with Crippen LogP contribution >= 0.6 is 27.7 Å². The van der Waals surface area contributed by atoms with Crippen LogP contribution in [0.25, 0.3) is 11.1 Å². The molecule has 0 saturated carbocycles. The quantitative estimate of drug-likeness (QED) is 0.797. The van der Waals surface area contributed by atoms with E-state index in [1.54, 1.807) is 9.58 Å². The number of aromatic nitrogens is 2. The summed E-state index contributed by atoms with van der Waals surface area (Å²) in [6.45, 7) is 3.08. The van der Waals surface area contributed by atoms with Crippen LogP contribution in [0.3, 0.4) is 0 Å². The van der Waals surface area contributed by atoms with E-state index in [1.165, 1.54) is 11.8 Å². The zero-order valence-electron chi connectivity index (χ0n) is 14.1. The highest BCUT2D eigenvalue weighted by atomic mass is 79.9. The number of carbonyl (C=O) groups is 2.